The number of nitrogens with one attached hydrogen (secondary N) is 2. The number of aromatic nitrogens is 2. The van der Waals surface area contributed by atoms with Gasteiger partial charge in [-0.15, -0.1) is 0 Å². The van der Waals surface area contributed by atoms with E-state index in [0.717, 1.165) is 47.2 Å². The normalized spacial score (nSPS) is 17.1. The molecule has 2 N–H and O–H groups in total. The van der Waals surface area contributed by atoms with Crippen molar-refractivity contribution in [2.24, 2.45) is 0 Å². The summed E-state index contributed by atoms with van der Waals surface area (Å²) < 4.78 is 5.40. The summed E-state index contributed by atoms with van der Waals surface area (Å²) in [5.74, 6) is 0.566. The Morgan fingerprint density at radius 3 is 2.93 bits per heavy atom. The van der Waals surface area contributed by atoms with Gasteiger partial charge in [-0.05, 0) is 48.2 Å². The lowest BCUT2D eigenvalue weighted by molar-refractivity contribution is -0.198. The van der Waals surface area contributed by atoms with Gasteiger partial charge in [0.25, 0.3) is 5.91 Å². The van der Waals surface area contributed by atoms with Crippen molar-refractivity contribution in [3.05, 3.63) is 70.5 Å². The van der Waals surface area contributed by atoms with Crippen molar-refractivity contribution >= 4 is 34.6 Å². The molecule has 1 aromatic heterocycles. The molecule has 2 aromatic carbocycles. The first-order chi connectivity index (χ1) is 14.2. The summed E-state index contributed by atoms with van der Waals surface area (Å²) in [5, 5.41) is 0.685. The molecular weight excluding hydrogens is 390 g/mol. The molecular formula is C22H22ClN3O3. The number of amides is 1. The van der Waals surface area contributed by atoms with Gasteiger partial charge in [0.1, 0.15) is 5.82 Å². The Bertz CT molecular complexity index is 1010. The van der Waals surface area contributed by atoms with Crippen LogP contribution in [-0.2, 0) is 20.8 Å². The van der Waals surface area contributed by atoms with E-state index in [1.165, 1.54) is 6.08 Å². The minimum Gasteiger partial charge on any atom is -0.350 e. The molecule has 7 heteroatoms. The number of nitrogens with zero attached hydrogens (tertiary/aromatic N) is 1. The second kappa shape index (κ2) is 9.22. The fourth-order valence-electron chi connectivity index (χ4n) is 3.19. The van der Waals surface area contributed by atoms with Crippen molar-refractivity contribution in [2.45, 2.75) is 32.0 Å². The van der Waals surface area contributed by atoms with Crippen LogP contribution in [0.15, 0.2) is 48.5 Å². The van der Waals surface area contributed by atoms with E-state index < -0.39 is 0 Å². The molecule has 3 aromatic rings. The van der Waals surface area contributed by atoms with Crippen LogP contribution in [0.25, 0.3) is 17.1 Å². The molecule has 0 saturated carbocycles. The molecule has 1 unspecified atom stereocenters. The maximum absolute atomic E-state index is 11.9. The molecule has 1 amide bonds. The number of hydroxylamine groups is 1. The Morgan fingerprint density at radius 1 is 1.28 bits per heavy atom. The molecule has 1 saturated heterocycles. The van der Waals surface area contributed by atoms with Gasteiger partial charge in [0.05, 0.1) is 11.0 Å². The van der Waals surface area contributed by atoms with E-state index in [9.17, 15) is 4.79 Å². The smallest absolute Gasteiger partial charge is 0.267 e. The first-order valence-electron chi connectivity index (χ1n) is 9.64. The Balaban J connectivity index is 1.30. The number of fused-ring (bicyclic) bond motifs is 1. The third-order valence-corrected chi connectivity index (χ3v) is 4.94. The zero-order valence-electron chi connectivity index (χ0n) is 15.9. The van der Waals surface area contributed by atoms with Gasteiger partial charge in [-0.2, -0.15) is 0 Å². The summed E-state index contributed by atoms with van der Waals surface area (Å²) in [4.78, 5) is 25.0. The highest BCUT2D eigenvalue weighted by molar-refractivity contribution is 6.31. The molecule has 0 spiro atoms. The number of benzene rings is 2. The van der Waals surface area contributed by atoms with Gasteiger partial charge in [0.2, 0.25) is 0 Å². The summed E-state index contributed by atoms with van der Waals surface area (Å²) >= 11 is 6.02. The van der Waals surface area contributed by atoms with Crippen molar-refractivity contribution in [1.82, 2.24) is 15.4 Å². The van der Waals surface area contributed by atoms with E-state index in [0.29, 0.717) is 18.1 Å². The van der Waals surface area contributed by atoms with Crippen molar-refractivity contribution < 1.29 is 14.4 Å². The molecule has 150 valence electrons. The van der Waals surface area contributed by atoms with Crippen LogP contribution in [0.2, 0.25) is 5.02 Å². The molecule has 0 radical (unpaired) electrons. The van der Waals surface area contributed by atoms with E-state index in [-0.39, 0.29) is 12.2 Å². The molecule has 1 atom stereocenters. The summed E-state index contributed by atoms with van der Waals surface area (Å²) in [6.07, 6.45) is 6.40. The summed E-state index contributed by atoms with van der Waals surface area (Å²) in [5.41, 5.74) is 6.28. The lowest BCUT2D eigenvalue weighted by atomic mass is 10.1. The number of ether oxygens (including phenoxy) is 1. The summed E-state index contributed by atoms with van der Waals surface area (Å²) in [6, 6.07) is 13.6. The highest BCUT2D eigenvalue weighted by Crippen LogP contribution is 2.19. The number of rotatable bonds is 6. The topological polar surface area (TPSA) is 76.2 Å². The fourth-order valence-corrected chi connectivity index (χ4v) is 3.36. The lowest BCUT2D eigenvalue weighted by Crippen LogP contribution is -2.32. The Morgan fingerprint density at radius 2 is 2.14 bits per heavy atom. The molecule has 1 fully saturated rings. The van der Waals surface area contributed by atoms with Gasteiger partial charge >= 0.3 is 0 Å². The van der Waals surface area contributed by atoms with Crippen molar-refractivity contribution in [3.8, 4) is 0 Å². The van der Waals surface area contributed by atoms with Gasteiger partial charge in [-0.25, -0.2) is 15.3 Å². The number of hydrogen-bond acceptors (Lipinski definition) is 4. The molecule has 6 nitrogen and oxygen atoms in total. The monoisotopic (exact) mass is 411 g/mol. The molecule has 1 aliphatic heterocycles. The number of aromatic amines is 1. The maximum atomic E-state index is 11.9. The van der Waals surface area contributed by atoms with Gasteiger partial charge < -0.3 is 9.72 Å². The van der Waals surface area contributed by atoms with Crippen LogP contribution in [0.3, 0.4) is 0 Å². The maximum Gasteiger partial charge on any atom is 0.267 e. The van der Waals surface area contributed by atoms with Gasteiger partial charge in [0, 0.05) is 30.5 Å². The third kappa shape index (κ3) is 5.44. The first kappa shape index (κ1) is 19.6. The van der Waals surface area contributed by atoms with Crippen LogP contribution in [0, 0.1) is 0 Å². The van der Waals surface area contributed by atoms with Crippen molar-refractivity contribution in [3.63, 3.8) is 0 Å². The Labute approximate surface area is 173 Å². The predicted molar refractivity (Wildman–Crippen MR) is 112 cm³/mol. The summed E-state index contributed by atoms with van der Waals surface area (Å²) in [6.45, 7) is 0.671. The molecule has 0 bridgehead atoms. The van der Waals surface area contributed by atoms with Gasteiger partial charge in [0.15, 0.2) is 6.29 Å². The molecule has 1 aliphatic rings. The van der Waals surface area contributed by atoms with Crippen molar-refractivity contribution in [1.29, 1.82) is 0 Å². The van der Waals surface area contributed by atoms with Crippen LogP contribution in [0.5, 0.6) is 0 Å². The number of carbonyl (C=O) groups excluding carboxylic acids is 1. The van der Waals surface area contributed by atoms with E-state index in [1.807, 2.05) is 42.5 Å². The largest absolute Gasteiger partial charge is 0.350 e. The van der Waals surface area contributed by atoms with Crippen LogP contribution < -0.4 is 5.48 Å². The molecule has 29 heavy (non-hydrogen) atoms. The summed E-state index contributed by atoms with van der Waals surface area (Å²) in [7, 11) is 0. The highest BCUT2D eigenvalue weighted by Gasteiger charge is 2.14. The average Bonchev–Trinajstić information content (AvgIpc) is 3.14. The van der Waals surface area contributed by atoms with Crippen LogP contribution in [-0.4, -0.2) is 28.8 Å². The van der Waals surface area contributed by atoms with Crippen LogP contribution in [0.1, 0.15) is 36.2 Å². The van der Waals surface area contributed by atoms with Gasteiger partial charge in [-0.1, -0.05) is 35.9 Å². The Hall–Kier alpha value is -2.67. The van der Waals surface area contributed by atoms with E-state index in [1.54, 1.807) is 6.08 Å². The SMILES string of the molecule is O=C(C=Cc1ccc(Cc2nc3ccc(Cl)cc3[nH]2)cc1)NOC1CCCCO1. The number of H-pyrrole nitrogens is 1. The second-order valence-corrected chi connectivity index (χ2v) is 7.41. The number of imidazole rings is 1. The van der Waals surface area contributed by atoms with Crippen LogP contribution >= 0.6 is 11.6 Å². The Kier molecular flexibility index (Phi) is 6.24. The third-order valence-electron chi connectivity index (χ3n) is 4.70. The number of carbonyl (C=O) groups is 1. The zero-order valence-corrected chi connectivity index (χ0v) is 16.6. The van der Waals surface area contributed by atoms with E-state index >= 15 is 0 Å². The quantitative estimate of drug-likeness (QED) is 0.465. The molecule has 2 heterocycles. The fraction of sp³-hybridized carbons (Fsp3) is 0.273. The minimum atomic E-state index is -0.352. The number of hydrogen-bond donors (Lipinski definition) is 2. The second-order valence-electron chi connectivity index (χ2n) is 6.98. The van der Waals surface area contributed by atoms with Crippen molar-refractivity contribution in [2.75, 3.05) is 6.61 Å². The zero-order chi connectivity index (χ0) is 20.1. The molecule has 4 rings (SSSR count). The number of halogens is 1. The first-order valence-corrected chi connectivity index (χ1v) is 10.0. The van der Waals surface area contributed by atoms with E-state index in [2.05, 4.69) is 15.4 Å². The average molecular weight is 412 g/mol. The van der Waals surface area contributed by atoms with Crippen LogP contribution in [0.4, 0.5) is 0 Å². The highest BCUT2D eigenvalue weighted by atomic mass is 35.5. The molecule has 0 aliphatic carbocycles. The lowest BCUT2D eigenvalue weighted by Gasteiger charge is -2.21. The van der Waals surface area contributed by atoms with Gasteiger partial charge in [-0.3, -0.25) is 4.79 Å². The standard InChI is InChI=1S/C22H22ClN3O3/c23-17-9-10-18-19(14-17)25-20(24-18)13-16-6-4-15(5-7-16)8-11-21(27)26-29-22-3-1-2-12-28-22/h4-11,14,22H,1-3,12-13H2,(H,24,25)(H,26,27). The van der Waals surface area contributed by atoms with E-state index in [4.69, 9.17) is 21.2 Å². The minimum absolute atomic E-state index is 0.316. The predicted octanol–water partition coefficient (Wildman–Crippen LogP) is 4.39.